The van der Waals surface area contributed by atoms with Crippen LogP contribution in [0.4, 0.5) is 5.00 Å². The van der Waals surface area contributed by atoms with E-state index >= 15 is 0 Å². The Morgan fingerprint density at radius 1 is 1.17 bits per heavy atom. The van der Waals surface area contributed by atoms with Crippen molar-refractivity contribution in [2.75, 3.05) is 5.32 Å². The number of nitrogens with one attached hydrogen (secondary N) is 2. The molecule has 3 aromatic rings. The summed E-state index contributed by atoms with van der Waals surface area (Å²) < 4.78 is 5.82. The fourth-order valence-corrected chi connectivity index (χ4v) is 3.77. The van der Waals surface area contributed by atoms with Gasteiger partial charge in [-0.2, -0.15) is 0 Å². The van der Waals surface area contributed by atoms with Crippen LogP contribution in [0, 0.1) is 5.92 Å². The molecule has 7 heteroatoms. The van der Waals surface area contributed by atoms with Gasteiger partial charge in [0.1, 0.15) is 12.4 Å². The maximum atomic E-state index is 12.6. The molecule has 154 valence electrons. The molecule has 0 bridgehead atoms. The van der Waals surface area contributed by atoms with E-state index in [-0.39, 0.29) is 23.8 Å². The minimum absolute atomic E-state index is 0.0414. The normalized spacial score (nSPS) is 14.0. The predicted molar refractivity (Wildman–Crippen MR) is 117 cm³/mol. The van der Waals surface area contributed by atoms with Crippen LogP contribution in [0.2, 0.25) is 0 Å². The SMILES string of the molecule is CC(NC(=O)c1ccc(NC(=O)C2CC2)s1)c1cccc(OCc2ccccn2)c1. The van der Waals surface area contributed by atoms with Gasteiger partial charge < -0.3 is 15.4 Å². The quantitative estimate of drug-likeness (QED) is 0.559. The summed E-state index contributed by atoms with van der Waals surface area (Å²) in [6.45, 7) is 2.31. The van der Waals surface area contributed by atoms with Gasteiger partial charge >= 0.3 is 0 Å². The molecular formula is C23H23N3O3S. The summed E-state index contributed by atoms with van der Waals surface area (Å²) in [6.07, 6.45) is 3.64. The van der Waals surface area contributed by atoms with E-state index in [1.807, 2.05) is 49.4 Å². The van der Waals surface area contributed by atoms with E-state index in [9.17, 15) is 9.59 Å². The van der Waals surface area contributed by atoms with Gasteiger partial charge in [-0.1, -0.05) is 18.2 Å². The Bertz CT molecular complexity index is 1030. The van der Waals surface area contributed by atoms with Crippen molar-refractivity contribution in [2.24, 2.45) is 5.92 Å². The number of amides is 2. The van der Waals surface area contributed by atoms with Gasteiger partial charge in [0.2, 0.25) is 5.91 Å². The summed E-state index contributed by atoms with van der Waals surface area (Å²) in [4.78, 5) is 29.3. The van der Waals surface area contributed by atoms with Gasteiger partial charge in [0.15, 0.2) is 0 Å². The third kappa shape index (κ3) is 5.24. The van der Waals surface area contributed by atoms with Crippen molar-refractivity contribution in [3.05, 3.63) is 76.9 Å². The Labute approximate surface area is 179 Å². The van der Waals surface area contributed by atoms with Crippen molar-refractivity contribution < 1.29 is 14.3 Å². The second kappa shape index (κ2) is 9.09. The van der Waals surface area contributed by atoms with Gasteiger partial charge in [-0.25, -0.2) is 0 Å². The first-order valence-electron chi connectivity index (χ1n) is 9.93. The predicted octanol–water partition coefficient (Wildman–Crippen LogP) is 4.56. The van der Waals surface area contributed by atoms with Crippen LogP contribution in [0.15, 0.2) is 60.8 Å². The number of hydrogen-bond acceptors (Lipinski definition) is 5. The van der Waals surface area contributed by atoms with E-state index in [1.165, 1.54) is 11.3 Å². The molecule has 0 saturated heterocycles. The Morgan fingerprint density at radius 2 is 2.03 bits per heavy atom. The zero-order valence-electron chi connectivity index (χ0n) is 16.6. The number of thiophene rings is 1. The van der Waals surface area contributed by atoms with Crippen LogP contribution in [-0.4, -0.2) is 16.8 Å². The molecule has 1 aliphatic rings. The Hall–Kier alpha value is -3.19. The molecule has 0 radical (unpaired) electrons. The summed E-state index contributed by atoms with van der Waals surface area (Å²) >= 11 is 1.28. The number of carbonyl (C=O) groups excluding carboxylic acids is 2. The van der Waals surface area contributed by atoms with Crippen LogP contribution in [0.25, 0.3) is 0 Å². The monoisotopic (exact) mass is 421 g/mol. The standard InChI is InChI=1S/C23H23N3O3S/c1-15(17-5-4-7-19(13-17)29-14-18-6-2-3-12-24-18)25-23(28)20-10-11-21(30-20)26-22(27)16-8-9-16/h2-7,10-13,15-16H,8-9,14H2,1H3,(H,25,28)(H,26,27). The number of rotatable bonds is 8. The summed E-state index contributed by atoms with van der Waals surface area (Å²) in [5, 5.41) is 6.59. The van der Waals surface area contributed by atoms with Crippen LogP contribution in [0.5, 0.6) is 5.75 Å². The topological polar surface area (TPSA) is 80.3 Å². The highest BCUT2D eigenvalue weighted by Gasteiger charge is 2.30. The smallest absolute Gasteiger partial charge is 0.261 e. The van der Waals surface area contributed by atoms with E-state index in [0.29, 0.717) is 16.5 Å². The number of nitrogens with zero attached hydrogens (tertiary/aromatic N) is 1. The van der Waals surface area contributed by atoms with Gasteiger partial charge in [0.25, 0.3) is 5.91 Å². The maximum Gasteiger partial charge on any atom is 0.261 e. The number of pyridine rings is 1. The molecule has 2 heterocycles. The van der Waals surface area contributed by atoms with E-state index in [0.717, 1.165) is 29.8 Å². The van der Waals surface area contributed by atoms with Gasteiger partial charge in [-0.05, 0) is 61.7 Å². The molecule has 1 unspecified atom stereocenters. The second-order valence-electron chi connectivity index (χ2n) is 7.30. The van der Waals surface area contributed by atoms with E-state index in [4.69, 9.17) is 4.74 Å². The lowest BCUT2D eigenvalue weighted by Crippen LogP contribution is -2.25. The first kappa shape index (κ1) is 20.1. The zero-order chi connectivity index (χ0) is 20.9. The number of aromatic nitrogens is 1. The van der Waals surface area contributed by atoms with Crippen molar-refractivity contribution in [3.8, 4) is 5.75 Å². The number of carbonyl (C=O) groups is 2. The third-order valence-corrected chi connectivity index (χ3v) is 5.84. The van der Waals surface area contributed by atoms with Crippen LogP contribution in [0.1, 0.15) is 46.7 Å². The molecule has 30 heavy (non-hydrogen) atoms. The first-order valence-corrected chi connectivity index (χ1v) is 10.7. The molecule has 1 fully saturated rings. The average Bonchev–Trinajstić information content (AvgIpc) is 3.52. The largest absolute Gasteiger partial charge is 0.487 e. The van der Waals surface area contributed by atoms with Gasteiger partial charge in [-0.15, -0.1) is 11.3 Å². The lowest BCUT2D eigenvalue weighted by molar-refractivity contribution is -0.117. The lowest BCUT2D eigenvalue weighted by atomic mass is 10.1. The van der Waals surface area contributed by atoms with Gasteiger partial charge in [0.05, 0.1) is 21.6 Å². The molecule has 2 amide bonds. The van der Waals surface area contributed by atoms with Crippen LogP contribution < -0.4 is 15.4 Å². The molecule has 1 atom stereocenters. The van der Waals surface area contributed by atoms with Gasteiger partial charge in [-0.3, -0.25) is 14.6 Å². The number of ether oxygens (including phenoxy) is 1. The van der Waals surface area contributed by atoms with Gasteiger partial charge in [0, 0.05) is 12.1 Å². The van der Waals surface area contributed by atoms with Crippen molar-refractivity contribution >= 4 is 28.2 Å². The molecule has 6 nitrogen and oxygen atoms in total. The highest BCUT2D eigenvalue weighted by atomic mass is 32.1. The highest BCUT2D eigenvalue weighted by Crippen LogP contribution is 2.31. The molecular weight excluding hydrogens is 398 g/mol. The highest BCUT2D eigenvalue weighted by molar-refractivity contribution is 7.18. The summed E-state index contributed by atoms with van der Waals surface area (Å²) in [6, 6.07) is 16.7. The van der Waals surface area contributed by atoms with Crippen molar-refractivity contribution in [1.82, 2.24) is 10.3 Å². The van der Waals surface area contributed by atoms with Crippen LogP contribution in [0.3, 0.4) is 0 Å². The fraction of sp³-hybridized carbons (Fsp3) is 0.261. The van der Waals surface area contributed by atoms with E-state index < -0.39 is 0 Å². The maximum absolute atomic E-state index is 12.6. The molecule has 4 rings (SSSR count). The molecule has 1 aliphatic carbocycles. The minimum atomic E-state index is -0.192. The zero-order valence-corrected chi connectivity index (χ0v) is 17.4. The molecule has 2 aromatic heterocycles. The molecule has 0 spiro atoms. The summed E-state index contributed by atoms with van der Waals surface area (Å²) in [7, 11) is 0. The molecule has 1 saturated carbocycles. The minimum Gasteiger partial charge on any atom is -0.487 e. The average molecular weight is 422 g/mol. The third-order valence-electron chi connectivity index (χ3n) is 4.84. The first-order chi connectivity index (χ1) is 14.6. The number of hydrogen-bond donors (Lipinski definition) is 2. The van der Waals surface area contributed by atoms with Crippen LogP contribution >= 0.6 is 11.3 Å². The molecule has 2 N–H and O–H groups in total. The second-order valence-corrected chi connectivity index (χ2v) is 8.39. The van der Waals surface area contributed by atoms with Crippen molar-refractivity contribution in [2.45, 2.75) is 32.4 Å². The lowest BCUT2D eigenvalue weighted by Gasteiger charge is -2.15. The van der Waals surface area contributed by atoms with E-state index in [1.54, 1.807) is 18.3 Å². The fourth-order valence-electron chi connectivity index (χ4n) is 2.96. The number of anilines is 1. The Balaban J connectivity index is 1.34. The summed E-state index contributed by atoms with van der Waals surface area (Å²) in [5.74, 6) is 0.732. The van der Waals surface area contributed by atoms with Crippen LogP contribution in [-0.2, 0) is 11.4 Å². The van der Waals surface area contributed by atoms with Crippen molar-refractivity contribution in [3.63, 3.8) is 0 Å². The number of benzene rings is 1. The Kier molecular flexibility index (Phi) is 6.09. The Morgan fingerprint density at radius 3 is 2.80 bits per heavy atom. The van der Waals surface area contributed by atoms with Crippen molar-refractivity contribution in [1.29, 1.82) is 0 Å². The summed E-state index contributed by atoms with van der Waals surface area (Å²) in [5.41, 5.74) is 1.80. The molecule has 0 aliphatic heterocycles. The van der Waals surface area contributed by atoms with E-state index in [2.05, 4.69) is 15.6 Å². The molecule has 1 aromatic carbocycles.